The second-order valence-electron chi connectivity index (χ2n) is 5.66. The fraction of sp³-hybridized carbons (Fsp3) is 0.467. The lowest BCUT2D eigenvalue weighted by atomic mass is 9.94. The van der Waals surface area contributed by atoms with E-state index in [-0.39, 0.29) is 17.6 Å². The average molecular weight is 320 g/mol. The topological polar surface area (TPSA) is 127 Å². The van der Waals surface area contributed by atoms with Crippen LogP contribution in [0.2, 0.25) is 0 Å². The molecule has 4 N–H and O–H groups in total. The van der Waals surface area contributed by atoms with Crippen LogP contribution in [0.1, 0.15) is 32.1 Å². The van der Waals surface area contributed by atoms with Crippen LogP contribution in [0.3, 0.4) is 0 Å². The number of urea groups is 1. The van der Waals surface area contributed by atoms with E-state index in [2.05, 4.69) is 10.6 Å². The number of carbonyl (C=O) groups excluding carboxylic acids is 2. The summed E-state index contributed by atoms with van der Waals surface area (Å²) in [5.41, 5.74) is 5.82. The molecule has 0 unspecified atom stereocenters. The minimum Gasteiger partial charge on any atom is -0.369 e. The molecule has 1 fully saturated rings. The SMILES string of the molecule is NC(=O)[C@H]1CCCCC[C@@H]1NC(=O)Nc1ccc([N+](=O)[O-])cc1. The Labute approximate surface area is 133 Å². The van der Waals surface area contributed by atoms with Gasteiger partial charge in [-0.25, -0.2) is 4.79 Å². The van der Waals surface area contributed by atoms with Gasteiger partial charge in [-0.05, 0) is 25.0 Å². The number of rotatable bonds is 4. The van der Waals surface area contributed by atoms with Gasteiger partial charge in [-0.1, -0.05) is 19.3 Å². The monoisotopic (exact) mass is 320 g/mol. The maximum absolute atomic E-state index is 12.1. The van der Waals surface area contributed by atoms with Gasteiger partial charge in [-0.3, -0.25) is 14.9 Å². The third-order valence-electron chi connectivity index (χ3n) is 4.03. The summed E-state index contributed by atoms with van der Waals surface area (Å²) in [5, 5.41) is 16.0. The Morgan fingerprint density at radius 1 is 1.13 bits per heavy atom. The zero-order valence-electron chi connectivity index (χ0n) is 12.7. The number of carbonyl (C=O) groups is 2. The Hall–Kier alpha value is -2.64. The number of non-ortho nitro benzene ring substituents is 1. The molecule has 1 aliphatic carbocycles. The number of anilines is 1. The van der Waals surface area contributed by atoms with Crippen molar-refractivity contribution in [3.05, 3.63) is 34.4 Å². The lowest BCUT2D eigenvalue weighted by Crippen LogP contribution is -2.46. The fourth-order valence-electron chi connectivity index (χ4n) is 2.82. The van der Waals surface area contributed by atoms with E-state index >= 15 is 0 Å². The lowest BCUT2D eigenvalue weighted by Gasteiger charge is -2.23. The summed E-state index contributed by atoms with van der Waals surface area (Å²) in [6.45, 7) is 0. The van der Waals surface area contributed by atoms with E-state index in [1.165, 1.54) is 24.3 Å². The van der Waals surface area contributed by atoms with Gasteiger partial charge in [0.05, 0.1) is 10.8 Å². The van der Waals surface area contributed by atoms with Crippen molar-refractivity contribution in [3.63, 3.8) is 0 Å². The minimum absolute atomic E-state index is 0.0477. The molecule has 0 aromatic heterocycles. The summed E-state index contributed by atoms with van der Waals surface area (Å²) in [5.74, 6) is -0.757. The molecule has 3 amide bonds. The smallest absolute Gasteiger partial charge is 0.319 e. The van der Waals surface area contributed by atoms with E-state index in [1.54, 1.807) is 0 Å². The number of nitrogens with two attached hydrogens (primary N) is 1. The lowest BCUT2D eigenvalue weighted by molar-refractivity contribution is -0.384. The number of nitro groups is 1. The summed E-state index contributed by atoms with van der Waals surface area (Å²) in [6, 6.07) is 4.80. The summed E-state index contributed by atoms with van der Waals surface area (Å²) in [7, 11) is 0. The van der Waals surface area contributed by atoms with Gasteiger partial charge in [0.25, 0.3) is 5.69 Å². The van der Waals surface area contributed by atoms with Gasteiger partial charge in [0.1, 0.15) is 0 Å². The molecule has 0 heterocycles. The molecule has 0 aliphatic heterocycles. The molecule has 124 valence electrons. The molecule has 1 saturated carbocycles. The van der Waals surface area contributed by atoms with Crippen molar-refractivity contribution in [1.82, 2.24) is 5.32 Å². The van der Waals surface area contributed by atoms with Crippen LogP contribution < -0.4 is 16.4 Å². The molecule has 0 spiro atoms. The highest BCUT2D eigenvalue weighted by molar-refractivity contribution is 5.90. The Balaban J connectivity index is 1.97. The zero-order valence-corrected chi connectivity index (χ0v) is 12.7. The Morgan fingerprint density at radius 3 is 2.39 bits per heavy atom. The highest BCUT2D eigenvalue weighted by Gasteiger charge is 2.29. The highest BCUT2D eigenvalue weighted by Crippen LogP contribution is 2.23. The molecule has 0 bridgehead atoms. The van der Waals surface area contributed by atoms with Crippen molar-refractivity contribution >= 4 is 23.3 Å². The molecule has 0 radical (unpaired) electrons. The molecule has 1 aliphatic rings. The second-order valence-corrected chi connectivity index (χ2v) is 5.66. The zero-order chi connectivity index (χ0) is 16.8. The standard InChI is InChI=1S/C15H20N4O4/c16-14(20)12-4-2-1-3-5-13(12)18-15(21)17-10-6-8-11(9-7-10)19(22)23/h6-9,12-13H,1-5H2,(H2,16,20)(H2,17,18,21)/t12-,13-/m0/s1. The van der Waals surface area contributed by atoms with Gasteiger partial charge in [0.2, 0.25) is 5.91 Å². The van der Waals surface area contributed by atoms with Gasteiger partial charge in [-0.2, -0.15) is 0 Å². The quantitative estimate of drug-likeness (QED) is 0.446. The van der Waals surface area contributed by atoms with Crippen LogP contribution in [0.4, 0.5) is 16.2 Å². The third-order valence-corrected chi connectivity index (χ3v) is 4.03. The molecular formula is C15H20N4O4. The van der Waals surface area contributed by atoms with Gasteiger partial charge >= 0.3 is 6.03 Å². The molecule has 1 aromatic rings. The van der Waals surface area contributed by atoms with E-state index in [0.29, 0.717) is 18.5 Å². The first-order valence-corrected chi connectivity index (χ1v) is 7.58. The van der Waals surface area contributed by atoms with E-state index in [4.69, 9.17) is 5.73 Å². The molecule has 2 rings (SSSR count). The van der Waals surface area contributed by atoms with Crippen molar-refractivity contribution in [3.8, 4) is 0 Å². The Kier molecular flexibility index (Phi) is 5.51. The molecule has 0 saturated heterocycles. The molecule has 2 atom stereocenters. The number of hydrogen-bond donors (Lipinski definition) is 3. The number of nitrogens with zero attached hydrogens (tertiary/aromatic N) is 1. The summed E-state index contributed by atoms with van der Waals surface area (Å²) in [6.07, 6.45) is 4.27. The van der Waals surface area contributed by atoms with Gasteiger partial charge in [0.15, 0.2) is 0 Å². The number of primary amides is 1. The van der Waals surface area contributed by atoms with Crippen LogP contribution in [-0.4, -0.2) is 22.9 Å². The van der Waals surface area contributed by atoms with Crippen LogP contribution in [0.15, 0.2) is 24.3 Å². The first-order chi connectivity index (χ1) is 11.0. The van der Waals surface area contributed by atoms with Gasteiger partial charge < -0.3 is 16.4 Å². The molecular weight excluding hydrogens is 300 g/mol. The number of hydrogen-bond acceptors (Lipinski definition) is 4. The van der Waals surface area contributed by atoms with E-state index in [1.807, 2.05) is 0 Å². The summed E-state index contributed by atoms with van der Waals surface area (Å²) < 4.78 is 0. The number of amides is 3. The first-order valence-electron chi connectivity index (χ1n) is 7.58. The third kappa shape index (κ3) is 4.67. The van der Waals surface area contributed by atoms with Crippen molar-refractivity contribution < 1.29 is 14.5 Å². The molecule has 8 heteroatoms. The number of benzene rings is 1. The largest absolute Gasteiger partial charge is 0.369 e. The Bertz CT molecular complexity index is 588. The molecule has 23 heavy (non-hydrogen) atoms. The number of nitro benzene ring substituents is 1. The maximum Gasteiger partial charge on any atom is 0.319 e. The minimum atomic E-state index is -0.507. The Morgan fingerprint density at radius 2 is 1.78 bits per heavy atom. The van der Waals surface area contributed by atoms with Crippen LogP contribution >= 0.6 is 0 Å². The van der Waals surface area contributed by atoms with Crippen molar-refractivity contribution in [2.24, 2.45) is 11.7 Å². The normalized spacial score (nSPS) is 21.0. The van der Waals surface area contributed by atoms with Crippen molar-refractivity contribution in [1.29, 1.82) is 0 Å². The summed E-state index contributed by atoms with van der Waals surface area (Å²) in [4.78, 5) is 33.7. The van der Waals surface area contributed by atoms with Crippen LogP contribution in [0.5, 0.6) is 0 Å². The van der Waals surface area contributed by atoms with Gasteiger partial charge in [0, 0.05) is 23.9 Å². The predicted molar refractivity (Wildman–Crippen MR) is 84.8 cm³/mol. The second kappa shape index (κ2) is 7.57. The summed E-state index contributed by atoms with van der Waals surface area (Å²) >= 11 is 0. The fourth-order valence-corrected chi connectivity index (χ4v) is 2.82. The van der Waals surface area contributed by atoms with Gasteiger partial charge in [-0.15, -0.1) is 0 Å². The van der Waals surface area contributed by atoms with E-state index in [9.17, 15) is 19.7 Å². The first kappa shape index (κ1) is 16.7. The highest BCUT2D eigenvalue weighted by atomic mass is 16.6. The number of nitrogens with one attached hydrogen (secondary N) is 2. The van der Waals surface area contributed by atoms with Crippen molar-refractivity contribution in [2.45, 2.75) is 38.1 Å². The van der Waals surface area contributed by atoms with Crippen LogP contribution in [0.25, 0.3) is 0 Å². The maximum atomic E-state index is 12.1. The van der Waals surface area contributed by atoms with Crippen LogP contribution in [0, 0.1) is 16.0 Å². The molecule has 1 aromatic carbocycles. The van der Waals surface area contributed by atoms with Crippen LogP contribution in [-0.2, 0) is 4.79 Å². The van der Waals surface area contributed by atoms with E-state index < -0.39 is 16.9 Å². The van der Waals surface area contributed by atoms with E-state index in [0.717, 1.165) is 19.3 Å². The molecule has 8 nitrogen and oxygen atoms in total. The average Bonchev–Trinajstić information content (AvgIpc) is 2.73. The van der Waals surface area contributed by atoms with Crippen molar-refractivity contribution in [2.75, 3.05) is 5.32 Å². The predicted octanol–water partition coefficient (Wildman–Crippen LogP) is 2.15.